The fourth-order valence-electron chi connectivity index (χ4n) is 0.811. The first-order valence-electron chi connectivity index (χ1n) is 3.17. The Morgan fingerprint density at radius 1 is 1.36 bits per heavy atom. The Kier molecular flexibility index (Phi) is 3.25. The average Bonchev–Trinajstić information content (AvgIpc) is 2.16. The molecular weight excluding hydrogens is 230 g/mol. The van der Waals surface area contributed by atoms with Crippen LogP contribution in [0.5, 0.6) is 0 Å². The second-order valence-corrected chi connectivity index (χ2v) is 3.21. The molecule has 0 fully saturated rings. The van der Waals surface area contributed by atoms with Crippen molar-refractivity contribution in [2.45, 2.75) is 5.03 Å². The minimum Gasteiger partial charge on any atom is -0.258 e. The van der Waals surface area contributed by atoms with E-state index in [2.05, 4.69) is 16.6 Å². The Morgan fingerprint density at radius 2 is 2.00 bits per heavy atom. The Balaban J connectivity index is 3.43. The summed E-state index contributed by atoms with van der Waals surface area (Å²) in [5.41, 5.74) is -1.21. The molecule has 0 amide bonds. The number of nitro groups is 2. The molecule has 14 heavy (non-hydrogen) atoms. The number of hydrogen-bond donors (Lipinski definition) is 1. The monoisotopic (exact) mass is 233 g/mol. The average molecular weight is 233 g/mol. The van der Waals surface area contributed by atoms with Gasteiger partial charge in [-0.2, -0.15) is 0 Å². The zero-order chi connectivity index (χ0) is 10.7. The van der Waals surface area contributed by atoms with Crippen LogP contribution in [-0.2, 0) is 0 Å². The summed E-state index contributed by atoms with van der Waals surface area (Å²) in [7, 11) is 0.693. The van der Waals surface area contributed by atoms with Gasteiger partial charge in [-0.1, -0.05) is 0 Å². The number of nitrogens with zero attached hydrogens (tertiary/aromatic N) is 3. The maximum atomic E-state index is 10.5. The van der Waals surface area contributed by atoms with E-state index in [0.29, 0.717) is 10.8 Å². The summed E-state index contributed by atoms with van der Waals surface area (Å²) in [6.45, 7) is 0. The van der Waals surface area contributed by atoms with Crippen molar-refractivity contribution in [2.75, 3.05) is 0 Å². The summed E-state index contributed by atoms with van der Waals surface area (Å²) in [6, 6.07) is 0.978. The van der Waals surface area contributed by atoms with Gasteiger partial charge >= 0.3 is 11.4 Å². The third-order valence-electron chi connectivity index (χ3n) is 1.34. The third-order valence-corrected chi connectivity index (χ3v) is 2.33. The number of aromatic nitrogens is 1. The largest absolute Gasteiger partial charge is 0.378 e. The van der Waals surface area contributed by atoms with Gasteiger partial charge in [-0.25, -0.2) is 4.98 Å². The molecule has 0 saturated heterocycles. The molecule has 0 aliphatic carbocycles. The lowest BCUT2D eigenvalue weighted by Gasteiger charge is -1.97. The van der Waals surface area contributed by atoms with Crippen LogP contribution >= 0.6 is 22.5 Å². The molecule has 7 nitrogen and oxygen atoms in total. The standard InChI is InChI=1S/C5H3N3O4S2/c9-7(10)3-1-2-6-5(14-13)4(3)8(11)12/h1-2,13H. The Morgan fingerprint density at radius 3 is 2.43 bits per heavy atom. The smallest absolute Gasteiger partial charge is 0.258 e. The van der Waals surface area contributed by atoms with Crippen LogP contribution in [0.1, 0.15) is 0 Å². The highest BCUT2D eigenvalue weighted by atomic mass is 33.1. The normalized spacial score (nSPS) is 9.79. The molecule has 1 rings (SSSR count). The van der Waals surface area contributed by atoms with Crippen molar-refractivity contribution in [3.8, 4) is 0 Å². The predicted octanol–water partition coefficient (Wildman–Crippen LogP) is 1.83. The zero-order valence-electron chi connectivity index (χ0n) is 6.48. The molecule has 1 heterocycles. The van der Waals surface area contributed by atoms with E-state index >= 15 is 0 Å². The van der Waals surface area contributed by atoms with E-state index < -0.39 is 21.2 Å². The molecule has 0 aliphatic rings. The summed E-state index contributed by atoms with van der Waals surface area (Å²) in [5.74, 6) is 0. The molecule has 0 aliphatic heterocycles. The second kappa shape index (κ2) is 4.24. The van der Waals surface area contributed by atoms with Crippen molar-refractivity contribution < 1.29 is 9.85 Å². The highest BCUT2D eigenvalue weighted by Crippen LogP contribution is 2.35. The van der Waals surface area contributed by atoms with Crippen molar-refractivity contribution in [3.63, 3.8) is 0 Å². The van der Waals surface area contributed by atoms with E-state index in [4.69, 9.17) is 0 Å². The Bertz CT molecular complexity index is 397. The molecule has 1 aromatic heterocycles. The highest BCUT2D eigenvalue weighted by molar-refractivity contribution is 8.68. The van der Waals surface area contributed by atoms with Crippen molar-refractivity contribution in [1.29, 1.82) is 0 Å². The van der Waals surface area contributed by atoms with E-state index in [-0.39, 0.29) is 5.03 Å². The number of pyridine rings is 1. The van der Waals surface area contributed by atoms with Gasteiger partial charge in [0.2, 0.25) is 0 Å². The van der Waals surface area contributed by atoms with Crippen LogP contribution in [0.4, 0.5) is 11.4 Å². The molecule has 0 atom stereocenters. The Labute approximate surface area is 86.6 Å². The van der Waals surface area contributed by atoms with E-state index in [1.807, 2.05) is 0 Å². The fraction of sp³-hybridized carbons (Fsp3) is 0. The van der Waals surface area contributed by atoms with Gasteiger partial charge < -0.3 is 0 Å². The topological polar surface area (TPSA) is 99.2 Å². The van der Waals surface area contributed by atoms with Gasteiger partial charge in [0.1, 0.15) is 0 Å². The quantitative estimate of drug-likeness (QED) is 0.370. The molecule has 1 aromatic rings. The lowest BCUT2D eigenvalue weighted by Crippen LogP contribution is -1.99. The summed E-state index contributed by atoms with van der Waals surface area (Å²) < 4.78 is 0. The van der Waals surface area contributed by atoms with Crippen LogP contribution in [0.25, 0.3) is 0 Å². The van der Waals surface area contributed by atoms with Crippen LogP contribution in [0.15, 0.2) is 17.3 Å². The minimum atomic E-state index is -0.844. The number of hydrogen-bond acceptors (Lipinski definition) is 7. The van der Waals surface area contributed by atoms with Crippen LogP contribution in [0, 0.1) is 20.2 Å². The molecule has 0 radical (unpaired) electrons. The second-order valence-electron chi connectivity index (χ2n) is 2.09. The van der Waals surface area contributed by atoms with Crippen LogP contribution < -0.4 is 0 Å². The molecular formula is C5H3N3O4S2. The van der Waals surface area contributed by atoms with Gasteiger partial charge in [0.05, 0.1) is 9.85 Å². The van der Waals surface area contributed by atoms with Gasteiger partial charge in [0, 0.05) is 12.3 Å². The summed E-state index contributed by atoms with van der Waals surface area (Å²) in [6.07, 6.45) is 1.13. The fourth-order valence-corrected chi connectivity index (χ4v) is 1.59. The number of thiol groups is 1. The SMILES string of the molecule is O=[N+]([O-])c1ccnc(SS)c1[N+](=O)[O-]. The Hall–Kier alpha value is -1.35. The molecule has 9 heteroatoms. The van der Waals surface area contributed by atoms with E-state index in [0.717, 1.165) is 12.3 Å². The summed E-state index contributed by atoms with van der Waals surface area (Å²) in [5, 5.41) is 20.9. The number of rotatable bonds is 3. The van der Waals surface area contributed by atoms with Crippen LogP contribution in [0.3, 0.4) is 0 Å². The lowest BCUT2D eigenvalue weighted by molar-refractivity contribution is -0.424. The van der Waals surface area contributed by atoms with Crippen molar-refractivity contribution in [1.82, 2.24) is 4.98 Å². The van der Waals surface area contributed by atoms with Gasteiger partial charge in [0.15, 0.2) is 5.03 Å². The van der Waals surface area contributed by atoms with Gasteiger partial charge in [-0.3, -0.25) is 20.2 Å². The molecule has 0 aromatic carbocycles. The first kappa shape index (κ1) is 10.7. The molecule has 0 N–H and O–H groups in total. The maximum Gasteiger partial charge on any atom is 0.378 e. The van der Waals surface area contributed by atoms with Gasteiger partial charge in [0.25, 0.3) is 0 Å². The van der Waals surface area contributed by atoms with Crippen molar-refractivity contribution in [3.05, 3.63) is 32.5 Å². The zero-order valence-corrected chi connectivity index (χ0v) is 8.20. The summed E-state index contributed by atoms with van der Waals surface area (Å²) in [4.78, 5) is 22.9. The molecule has 0 spiro atoms. The lowest BCUT2D eigenvalue weighted by atomic mass is 10.3. The van der Waals surface area contributed by atoms with Crippen molar-refractivity contribution in [2.24, 2.45) is 0 Å². The van der Waals surface area contributed by atoms with Crippen LogP contribution in [0.2, 0.25) is 0 Å². The summed E-state index contributed by atoms with van der Waals surface area (Å²) >= 11 is 3.72. The molecule has 74 valence electrons. The van der Waals surface area contributed by atoms with E-state index in [9.17, 15) is 20.2 Å². The van der Waals surface area contributed by atoms with Crippen molar-refractivity contribution >= 4 is 33.8 Å². The third kappa shape index (κ3) is 1.93. The van der Waals surface area contributed by atoms with E-state index in [1.165, 1.54) is 0 Å². The van der Waals surface area contributed by atoms with Gasteiger partial charge in [-0.05, 0) is 10.8 Å². The first-order valence-corrected chi connectivity index (χ1v) is 5.04. The molecule has 0 saturated carbocycles. The first-order chi connectivity index (χ1) is 6.57. The molecule has 0 bridgehead atoms. The minimum absolute atomic E-state index is 0.0902. The van der Waals surface area contributed by atoms with Gasteiger partial charge in [-0.15, -0.1) is 11.7 Å². The van der Waals surface area contributed by atoms with E-state index in [1.54, 1.807) is 0 Å². The molecule has 0 unspecified atom stereocenters. The highest BCUT2D eigenvalue weighted by Gasteiger charge is 2.29. The predicted molar refractivity (Wildman–Crippen MR) is 52.4 cm³/mol. The van der Waals surface area contributed by atoms with Crippen LogP contribution in [-0.4, -0.2) is 14.8 Å². The maximum absolute atomic E-state index is 10.5.